The minimum Gasteiger partial charge on any atom is -0.494 e. The maximum absolute atomic E-state index is 13.5. The Kier molecular flexibility index (Phi) is 5.13. The number of carbonyl (C=O) groups is 2. The van der Waals surface area contributed by atoms with Crippen molar-refractivity contribution >= 4 is 11.8 Å². The predicted molar refractivity (Wildman–Crippen MR) is 77.7 cm³/mol. The highest BCUT2D eigenvalue weighted by Crippen LogP contribution is 2.18. The molecule has 1 aromatic carbocycles. The van der Waals surface area contributed by atoms with Gasteiger partial charge in [0, 0.05) is 12.6 Å². The number of aromatic amines is 1. The van der Waals surface area contributed by atoms with Crippen LogP contribution in [0, 0.1) is 5.82 Å². The van der Waals surface area contributed by atoms with E-state index in [1.54, 1.807) is 24.4 Å². The van der Waals surface area contributed by atoms with Gasteiger partial charge in [-0.1, -0.05) is 6.07 Å². The Hall–Kier alpha value is -2.83. The number of aryl methyl sites for hydroxylation is 1. The molecule has 22 heavy (non-hydrogen) atoms. The third kappa shape index (κ3) is 4.08. The summed E-state index contributed by atoms with van der Waals surface area (Å²) in [7, 11) is 1.39. The molecule has 2 amide bonds. The van der Waals surface area contributed by atoms with Crippen LogP contribution < -0.4 is 15.6 Å². The normalized spacial score (nSPS) is 10.1. The summed E-state index contributed by atoms with van der Waals surface area (Å²) in [6.45, 7) is 0. The van der Waals surface area contributed by atoms with Crippen LogP contribution >= 0.6 is 0 Å². The Morgan fingerprint density at radius 2 is 2.09 bits per heavy atom. The molecule has 3 N–H and O–H groups in total. The van der Waals surface area contributed by atoms with Gasteiger partial charge < -0.3 is 9.72 Å². The molecule has 1 heterocycles. The molecule has 6 nitrogen and oxygen atoms in total. The second-order valence-electron chi connectivity index (χ2n) is 4.55. The van der Waals surface area contributed by atoms with Crippen molar-refractivity contribution in [2.24, 2.45) is 0 Å². The highest BCUT2D eigenvalue weighted by Gasteiger charge is 2.09. The summed E-state index contributed by atoms with van der Waals surface area (Å²) in [5.41, 5.74) is 5.60. The SMILES string of the molecule is COc1ccc(CCC(=O)NNC(=O)c2ccc[nH]2)cc1F. The van der Waals surface area contributed by atoms with E-state index in [2.05, 4.69) is 15.8 Å². The third-order valence-electron chi connectivity index (χ3n) is 3.01. The van der Waals surface area contributed by atoms with Crippen LogP contribution in [-0.4, -0.2) is 23.9 Å². The molecule has 1 aromatic heterocycles. The summed E-state index contributed by atoms with van der Waals surface area (Å²) >= 11 is 0. The zero-order valence-corrected chi connectivity index (χ0v) is 12.0. The fourth-order valence-electron chi connectivity index (χ4n) is 1.85. The van der Waals surface area contributed by atoms with Crippen LogP contribution in [-0.2, 0) is 11.2 Å². The Morgan fingerprint density at radius 3 is 2.73 bits per heavy atom. The number of aromatic nitrogens is 1. The van der Waals surface area contributed by atoms with Crippen LogP contribution in [0.1, 0.15) is 22.5 Å². The maximum atomic E-state index is 13.5. The van der Waals surface area contributed by atoms with E-state index >= 15 is 0 Å². The molecule has 0 bridgehead atoms. The first-order chi connectivity index (χ1) is 10.6. The van der Waals surface area contributed by atoms with Gasteiger partial charge in [-0.2, -0.15) is 0 Å². The number of nitrogens with one attached hydrogen (secondary N) is 3. The molecular formula is C15H16FN3O3. The van der Waals surface area contributed by atoms with Gasteiger partial charge in [0.25, 0.3) is 5.91 Å². The Morgan fingerprint density at radius 1 is 1.27 bits per heavy atom. The van der Waals surface area contributed by atoms with Crippen LogP contribution in [0.3, 0.4) is 0 Å². The number of halogens is 1. The standard InChI is InChI=1S/C15H16FN3O3/c1-22-13-6-4-10(9-11(13)16)5-7-14(20)18-19-15(21)12-3-2-8-17-12/h2-4,6,8-9,17H,5,7H2,1H3,(H,18,20)(H,19,21). The molecular weight excluding hydrogens is 289 g/mol. The van der Waals surface area contributed by atoms with Crippen molar-refractivity contribution in [3.63, 3.8) is 0 Å². The number of carbonyl (C=O) groups excluding carboxylic acids is 2. The fourth-order valence-corrected chi connectivity index (χ4v) is 1.85. The van der Waals surface area contributed by atoms with Crippen LogP contribution in [0.25, 0.3) is 0 Å². The summed E-state index contributed by atoms with van der Waals surface area (Å²) in [6.07, 6.45) is 2.08. The number of benzene rings is 1. The van der Waals surface area contributed by atoms with E-state index in [0.29, 0.717) is 17.7 Å². The minimum atomic E-state index is -0.472. The molecule has 0 spiro atoms. The topological polar surface area (TPSA) is 83.2 Å². The second kappa shape index (κ2) is 7.26. The molecule has 2 aromatic rings. The first-order valence-corrected chi connectivity index (χ1v) is 6.65. The molecule has 0 aliphatic heterocycles. The molecule has 0 aliphatic carbocycles. The third-order valence-corrected chi connectivity index (χ3v) is 3.01. The highest BCUT2D eigenvalue weighted by molar-refractivity contribution is 5.93. The average Bonchev–Trinajstić information content (AvgIpc) is 3.05. The van der Waals surface area contributed by atoms with Crippen LogP contribution in [0.2, 0.25) is 0 Å². The molecule has 0 atom stereocenters. The molecule has 0 fully saturated rings. The van der Waals surface area contributed by atoms with Crippen molar-refractivity contribution in [3.05, 3.63) is 53.6 Å². The predicted octanol–water partition coefficient (Wildman–Crippen LogP) is 1.56. The summed E-state index contributed by atoms with van der Waals surface area (Å²) in [4.78, 5) is 25.9. The summed E-state index contributed by atoms with van der Waals surface area (Å²) in [6, 6.07) is 7.78. The quantitative estimate of drug-likeness (QED) is 0.733. The lowest BCUT2D eigenvalue weighted by Crippen LogP contribution is -2.41. The molecule has 0 aliphatic rings. The lowest BCUT2D eigenvalue weighted by atomic mass is 10.1. The fraction of sp³-hybridized carbons (Fsp3) is 0.200. The van der Waals surface area contributed by atoms with E-state index in [1.807, 2.05) is 0 Å². The van der Waals surface area contributed by atoms with Crippen molar-refractivity contribution in [2.45, 2.75) is 12.8 Å². The van der Waals surface area contributed by atoms with Crippen LogP contribution in [0.15, 0.2) is 36.5 Å². The van der Waals surface area contributed by atoms with E-state index in [0.717, 1.165) is 0 Å². The smallest absolute Gasteiger partial charge is 0.286 e. The molecule has 7 heteroatoms. The highest BCUT2D eigenvalue weighted by atomic mass is 19.1. The molecule has 0 saturated heterocycles. The number of rotatable bonds is 5. The molecule has 0 saturated carbocycles. The number of hydrazine groups is 1. The molecule has 2 rings (SSSR count). The zero-order chi connectivity index (χ0) is 15.9. The first kappa shape index (κ1) is 15.6. The zero-order valence-electron chi connectivity index (χ0n) is 12.0. The van der Waals surface area contributed by atoms with Crippen molar-refractivity contribution < 1.29 is 18.7 Å². The van der Waals surface area contributed by atoms with Gasteiger partial charge in [0.2, 0.25) is 5.91 Å². The van der Waals surface area contributed by atoms with Crippen molar-refractivity contribution in [1.29, 1.82) is 0 Å². The van der Waals surface area contributed by atoms with Gasteiger partial charge in [-0.3, -0.25) is 20.4 Å². The van der Waals surface area contributed by atoms with Crippen molar-refractivity contribution in [1.82, 2.24) is 15.8 Å². The number of ether oxygens (including phenoxy) is 1. The number of H-pyrrole nitrogens is 1. The van der Waals surface area contributed by atoms with Gasteiger partial charge in [0.05, 0.1) is 7.11 Å². The number of hydrogen-bond acceptors (Lipinski definition) is 3. The largest absolute Gasteiger partial charge is 0.494 e. The number of methoxy groups -OCH3 is 1. The van der Waals surface area contributed by atoms with Crippen LogP contribution in [0.5, 0.6) is 5.75 Å². The van der Waals surface area contributed by atoms with Crippen molar-refractivity contribution in [2.75, 3.05) is 7.11 Å². The average molecular weight is 305 g/mol. The lowest BCUT2D eigenvalue weighted by molar-refractivity contribution is -0.121. The van der Waals surface area contributed by atoms with E-state index in [9.17, 15) is 14.0 Å². The van der Waals surface area contributed by atoms with Gasteiger partial charge in [-0.05, 0) is 36.2 Å². The number of amides is 2. The monoisotopic (exact) mass is 305 g/mol. The molecule has 0 unspecified atom stereocenters. The van der Waals surface area contributed by atoms with Gasteiger partial charge in [0.1, 0.15) is 5.69 Å². The van der Waals surface area contributed by atoms with Gasteiger partial charge in [-0.15, -0.1) is 0 Å². The van der Waals surface area contributed by atoms with Gasteiger partial charge >= 0.3 is 0 Å². The van der Waals surface area contributed by atoms with Crippen LogP contribution in [0.4, 0.5) is 4.39 Å². The minimum absolute atomic E-state index is 0.122. The van der Waals surface area contributed by atoms with E-state index in [4.69, 9.17) is 4.74 Å². The first-order valence-electron chi connectivity index (χ1n) is 6.65. The Bertz CT molecular complexity index is 656. The summed E-state index contributed by atoms with van der Waals surface area (Å²) in [5.74, 6) is -1.11. The lowest BCUT2D eigenvalue weighted by Gasteiger charge is -2.07. The van der Waals surface area contributed by atoms with Gasteiger partial charge in [0.15, 0.2) is 11.6 Å². The number of hydrogen-bond donors (Lipinski definition) is 3. The van der Waals surface area contributed by atoms with E-state index < -0.39 is 11.7 Å². The van der Waals surface area contributed by atoms with Gasteiger partial charge in [-0.25, -0.2) is 4.39 Å². The maximum Gasteiger partial charge on any atom is 0.286 e. The summed E-state index contributed by atoms with van der Waals surface area (Å²) < 4.78 is 18.3. The van der Waals surface area contributed by atoms with Crippen molar-refractivity contribution in [3.8, 4) is 5.75 Å². The van der Waals surface area contributed by atoms with E-state index in [1.165, 1.54) is 19.2 Å². The summed E-state index contributed by atoms with van der Waals surface area (Å²) in [5, 5.41) is 0. The van der Waals surface area contributed by atoms with E-state index in [-0.39, 0.29) is 18.1 Å². The Balaban J connectivity index is 1.78. The second-order valence-corrected chi connectivity index (χ2v) is 4.55. The molecule has 0 radical (unpaired) electrons. The molecule has 116 valence electrons. The Labute approximate surface area is 126 Å².